The van der Waals surface area contributed by atoms with Crippen molar-refractivity contribution in [2.75, 3.05) is 6.61 Å². The summed E-state index contributed by atoms with van der Waals surface area (Å²) in [5.41, 5.74) is 3.18. The van der Waals surface area contributed by atoms with Gasteiger partial charge in [0.15, 0.2) is 0 Å². The van der Waals surface area contributed by atoms with Crippen LogP contribution in [0.1, 0.15) is 11.1 Å². The van der Waals surface area contributed by atoms with Gasteiger partial charge in [-0.2, -0.15) is 4.73 Å². The molecule has 2 aromatic carbocycles. The van der Waals surface area contributed by atoms with Gasteiger partial charge in [-0.25, -0.2) is 0 Å². The van der Waals surface area contributed by atoms with Crippen LogP contribution in [0.5, 0.6) is 0 Å². The molecule has 0 saturated heterocycles. The first kappa shape index (κ1) is 13.5. The molecule has 0 bridgehead atoms. The van der Waals surface area contributed by atoms with Crippen LogP contribution in [0.25, 0.3) is 17.0 Å². The minimum absolute atomic E-state index is 0.0321. The van der Waals surface area contributed by atoms with Gasteiger partial charge in [-0.05, 0) is 11.6 Å². The van der Waals surface area contributed by atoms with Gasteiger partial charge < -0.3 is 9.94 Å². The van der Waals surface area contributed by atoms with E-state index in [1.54, 1.807) is 10.8 Å². The zero-order valence-electron chi connectivity index (χ0n) is 11.6. The minimum atomic E-state index is 0.0321. The van der Waals surface area contributed by atoms with E-state index in [2.05, 4.69) is 6.07 Å². The number of fused-ring (bicyclic) bond motifs is 1. The Balaban J connectivity index is 1.89. The van der Waals surface area contributed by atoms with Crippen LogP contribution >= 0.6 is 0 Å². The zero-order chi connectivity index (χ0) is 14.5. The predicted octanol–water partition coefficient (Wildman–Crippen LogP) is 3.28. The SMILES string of the molecule is OCC=Cc1cn(OCc2ccccc2)c2ccccc12. The molecule has 21 heavy (non-hydrogen) atoms. The Kier molecular flexibility index (Phi) is 4.03. The monoisotopic (exact) mass is 279 g/mol. The average molecular weight is 279 g/mol. The van der Waals surface area contributed by atoms with E-state index in [0.717, 1.165) is 22.0 Å². The number of benzene rings is 2. The number of aromatic nitrogens is 1. The van der Waals surface area contributed by atoms with Gasteiger partial charge in [-0.1, -0.05) is 60.7 Å². The van der Waals surface area contributed by atoms with Crippen molar-refractivity contribution in [3.63, 3.8) is 0 Å². The summed E-state index contributed by atoms with van der Waals surface area (Å²) in [6.45, 7) is 0.549. The summed E-state index contributed by atoms with van der Waals surface area (Å²) in [5.74, 6) is 0. The van der Waals surface area contributed by atoms with Gasteiger partial charge in [0.05, 0.1) is 18.3 Å². The first-order chi connectivity index (χ1) is 10.4. The number of hydrogen-bond acceptors (Lipinski definition) is 2. The Morgan fingerprint density at radius 1 is 1.00 bits per heavy atom. The van der Waals surface area contributed by atoms with Crippen LogP contribution < -0.4 is 4.84 Å². The molecule has 3 rings (SSSR count). The van der Waals surface area contributed by atoms with Gasteiger partial charge >= 0.3 is 0 Å². The Morgan fingerprint density at radius 2 is 1.76 bits per heavy atom. The van der Waals surface area contributed by atoms with Gasteiger partial charge in [0.25, 0.3) is 0 Å². The standard InChI is InChI=1S/C18H17NO2/c20-12-6-9-16-13-19(18-11-5-4-10-17(16)18)21-14-15-7-2-1-3-8-15/h1-11,13,20H,12,14H2. The van der Waals surface area contributed by atoms with E-state index in [-0.39, 0.29) is 6.61 Å². The van der Waals surface area contributed by atoms with E-state index in [0.29, 0.717) is 6.61 Å². The minimum Gasteiger partial charge on any atom is -0.409 e. The summed E-state index contributed by atoms with van der Waals surface area (Å²) in [4.78, 5) is 5.89. The maximum atomic E-state index is 8.93. The largest absolute Gasteiger partial charge is 0.409 e. The van der Waals surface area contributed by atoms with Crippen LogP contribution in [0.3, 0.4) is 0 Å². The van der Waals surface area contributed by atoms with E-state index in [1.165, 1.54) is 0 Å². The van der Waals surface area contributed by atoms with Gasteiger partial charge in [-0.15, -0.1) is 0 Å². The van der Waals surface area contributed by atoms with E-state index in [1.807, 2.05) is 60.8 Å². The Morgan fingerprint density at radius 3 is 2.57 bits per heavy atom. The molecule has 0 amide bonds. The average Bonchev–Trinajstić information content (AvgIpc) is 2.90. The molecule has 0 unspecified atom stereocenters. The highest BCUT2D eigenvalue weighted by molar-refractivity contribution is 5.89. The van der Waals surface area contributed by atoms with Crippen molar-refractivity contribution < 1.29 is 9.94 Å². The van der Waals surface area contributed by atoms with E-state index >= 15 is 0 Å². The molecule has 0 radical (unpaired) electrons. The molecule has 0 aliphatic carbocycles. The molecule has 0 spiro atoms. The topological polar surface area (TPSA) is 34.4 Å². The normalized spacial score (nSPS) is 11.3. The van der Waals surface area contributed by atoms with Crippen molar-refractivity contribution >= 4 is 17.0 Å². The second kappa shape index (κ2) is 6.29. The lowest BCUT2D eigenvalue weighted by molar-refractivity contribution is 0.107. The number of aliphatic hydroxyl groups excluding tert-OH is 1. The van der Waals surface area contributed by atoms with Crippen molar-refractivity contribution in [1.82, 2.24) is 4.73 Å². The predicted molar refractivity (Wildman–Crippen MR) is 84.8 cm³/mol. The first-order valence-corrected chi connectivity index (χ1v) is 6.93. The molecule has 0 atom stereocenters. The lowest BCUT2D eigenvalue weighted by Gasteiger charge is -2.08. The zero-order valence-corrected chi connectivity index (χ0v) is 11.6. The highest BCUT2D eigenvalue weighted by Gasteiger charge is 2.06. The molecule has 1 aromatic heterocycles. The molecule has 1 heterocycles. The van der Waals surface area contributed by atoms with Crippen LogP contribution in [0.4, 0.5) is 0 Å². The van der Waals surface area contributed by atoms with Crippen LogP contribution in [0.15, 0.2) is 66.9 Å². The molecule has 3 aromatic rings. The fraction of sp³-hybridized carbons (Fsp3) is 0.111. The van der Waals surface area contributed by atoms with E-state index < -0.39 is 0 Å². The highest BCUT2D eigenvalue weighted by atomic mass is 16.7. The summed E-state index contributed by atoms with van der Waals surface area (Å²) in [6, 6.07) is 18.1. The van der Waals surface area contributed by atoms with Crippen LogP contribution in [-0.2, 0) is 6.61 Å². The molecule has 1 N–H and O–H groups in total. The molecule has 3 nitrogen and oxygen atoms in total. The van der Waals surface area contributed by atoms with Gasteiger partial charge in [0.1, 0.15) is 6.61 Å². The van der Waals surface area contributed by atoms with Crippen molar-refractivity contribution in [1.29, 1.82) is 0 Å². The fourth-order valence-corrected chi connectivity index (χ4v) is 2.31. The highest BCUT2D eigenvalue weighted by Crippen LogP contribution is 2.21. The summed E-state index contributed by atoms with van der Waals surface area (Å²) < 4.78 is 1.79. The van der Waals surface area contributed by atoms with Crippen molar-refractivity contribution in [2.24, 2.45) is 0 Å². The lowest BCUT2D eigenvalue weighted by atomic mass is 10.2. The number of aliphatic hydroxyl groups is 1. The van der Waals surface area contributed by atoms with Crippen molar-refractivity contribution in [3.05, 3.63) is 78.0 Å². The Hall–Kier alpha value is -2.52. The molecule has 3 heteroatoms. The molecule has 0 fully saturated rings. The Bertz CT molecular complexity index is 744. The third kappa shape index (κ3) is 2.98. The third-order valence-corrected chi connectivity index (χ3v) is 3.32. The molecule has 106 valence electrons. The molecule has 0 aliphatic heterocycles. The lowest BCUT2D eigenvalue weighted by Crippen LogP contribution is -2.09. The first-order valence-electron chi connectivity index (χ1n) is 6.93. The van der Waals surface area contributed by atoms with Gasteiger partial charge in [0.2, 0.25) is 0 Å². The number of nitrogens with zero attached hydrogens (tertiary/aromatic N) is 1. The number of rotatable bonds is 5. The van der Waals surface area contributed by atoms with Crippen molar-refractivity contribution in [3.8, 4) is 0 Å². The molecule has 0 saturated carbocycles. The second-order valence-electron chi connectivity index (χ2n) is 4.77. The quantitative estimate of drug-likeness (QED) is 0.777. The van der Waals surface area contributed by atoms with Gasteiger partial charge in [0, 0.05) is 10.9 Å². The smallest absolute Gasteiger partial charge is 0.140 e. The van der Waals surface area contributed by atoms with Crippen LogP contribution in [-0.4, -0.2) is 16.4 Å². The van der Waals surface area contributed by atoms with Gasteiger partial charge in [-0.3, -0.25) is 0 Å². The third-order valence-electron chi connectivity index (χ3n) is 3.32. The fourth-order valence-electron chi connectivity index (χ4n) is 2.31. The maximum Gasteiger partial charge on any atom is 0.140 e. The molecular formula is C18H17NO2. The van der Waals surface area contributed by atoms with Crippen molar-refractivity contribution in [2.45, 2.75) is 6.61 Å². The second-order valence-corrected chi connectivity index (χ2v) is 4.77. The maximum absolute atomic E-state index is 8.93. The Labute approximate surface area is 123 Å². The summed E-state index contributed by atoms with van der Waals surface area (Å²) in [6.07, 6.45) is 5.58. The summed E-state index contributed by atoms with van der Waals surface area (Å²) >= 11 is 0. The number of hydrogen-bond donors (Lipinski definition) is 1. The van der Waals surface area contributed by atoms with Crippen LogP contribution in [0.2, 0.25) is 0 Å². The van der Waals surface area contributed by atoms with E-state index in [4.69, 9.17) is 9.94 Å². The van der Waals surface area contributed by atoms with E-state index in [9.17, 15) is 0 Å². The summed E-state index contributed by atoms with van der Waals surface area (Å²) in [5, 5.41) is 10.0. The van der Waals surface area contributed by atoms with Crippen LogP contribution in [0, 0.1) is 0 Å². The molecular weight excluding hydrogens is 262 g/mol. The number of para-hydroxylation sites is 1. The summed E-state index contributed by atoms with van der Waals surface area (Å²) in [7, 11) is 0. The molecule has 0 aliphatic rings.